The van der Waals surface area contributed by atoms with Gasteiger partial charge in [0.15, 0.2) is 0 Å². The van der Waals surface area contributed by atoms with E-state index in [9.17, 15) is 0 Å². The van der Waals surface area contributed by atoms with Gasteiger partial charge in [-0.05, 0) is 81.6 Å². The van der Waals surface area contributed by atoms with Crippen LogP contribution in [-0.2, 0) is 0 Å². The molecule has 45 heavy (non-hydrogen) atoms. The molecule has 0 N–H and O–H groups in total. The standard InChI is InChI=1S/C42H26N2S/c1-2-15-32(16-3-1)43-36-20-9-17-33(31-14-8-13-29(26-31)30-24-23-27-11-4-5-12-28(27)25-30)39(36)40-34-18-10-22-38-41(34)44(42(40)43)35-19-6-7-21-37(35)45-38/h1-26H. The number of hydrogen-bond acceptors (Lipinski definition) is 1. The van der Waals surface area contributed by atoms with E-state index in [2.05, 4.69) is 167 Å². The van der Waals surface area contributed by atoms with Crippen LogP contribution < -0.4 is 0 Å². The fraction of sp³-hybridized carbons (Fsp3) is 0. The van der Waals surface area contributed by atoms with Crippen LogP contribution >= 0.6 is 11.8 Å². The number of para-hydroxylation sites is 3. The lowest BCUT2D eigenvalue weighted by Gasteiger charge is -2.21. The first-order chi connectivity index (χ1) is 22.3. The highest BCUT2D eigenvalue weighted by Crippen LogP contribution is 2.50. The molecule has 3 heteroatoms. The van der Waals surface area contributed by atoms with Gasteiger partial charge in [-0.3, -0.25) is 9.13 Å². The van der Waals surface area contributed by atoms with Gasteiger partial charge in [-0.15, -0.1) is 0 Å². The number of benzene rings is 7. The van der Waals surface area contributed by atoms with Crippen LogP contribution in [0.5, 0.6) is 0 Å². The highest BCUT2D eigenvalue weighted by Gasteiger charge is 2.28. The second-order valence-electron chi connectivity index (χ2n) is 11.8. The van der Waals surface area contributed by atoms with Crippen molar-refractivity contribution in [1.29, 1.82) is 0 Å². The van der Waals surface area contributed by atoms with Gasteiger partial charge < -0.3 is 0 Å². The number of aromatic nitrogens is 2. The maximum absolute atomic E-state index is 2.51. The average Bonchev–Trinajstić information content (AvgIpc) is 3.63. The Balaban J connectivity index is 1.32. The molecule has 0 unspecified atom stereocenters. The molecule has 210 valence electrons. The Morgan fingerprint density at radius 2 is 1.18 bits per heavy atom. The molecule has 0 atom stereocenters. The summed E-state index contributed by atoms with van der Waals surface area (Å²) in [5.41, 5.74) is 11.0. The number of fused-ring (bicyclic) bond motifs is 8. The molecular weight excluding hydrogens is 565 g/mol. The Hall–Kier alpha value is -5.51. The minimum Gasteiger partial charge on any atom is -0.295 e. The first-order valence-corrected chi connectivity index (χ1v) is 16.2. The predicted octanol–water partition coefficient (Wildman–Crippen LogP) is 11.7. The molecule has 2 aromatic heterocycles. The Labute approximate surface area is 264 Å². The highest BCUT2D eigenvalue weighted by molar-refractivity contribution is 7.99. The maximum atomic E-state index is 2.51. The molecule has 3 heterocycles. The van der Waals surface area contributed by atoms with E-state index in [1.807, 2.05) is 11.8 Å². The van der Waals surface area contributed by atoms with Gasteiger partial charge in [0.25, 0.3) is 0 Å². The van der Waals surface area contributed by atoms with Gasteiger partial charge >= 0.3 is 0 Å². The third-order valence-electron chi connectivity index (χ3n) is 9.27. The third kappa shape index (κ3) is 3.59. The molecule has 0 amide bonds. The molecule has 0 fully saturated rings. The molecule has 0 spiro atoms. The quantitative estimate of drug-likeness (QED) is 0.199. The van der Waals surface area contributed by atoms with Gasteiger partial charge in [-0.25, -0.2) is 0 Å². The lowest BCUT2D eigenvalue weighted by molar-refractivity contribution is 1.03. The topological polar surface area (TPSA) is 9.86 Å². The SMILES string of the molecule is c1ccc(-n2c3cccc(-c4cccc(-c5ccc6ccccc6c5)c4)c3c3c4cccc5c4n(c32)-c2ccccc2S5)cc1. The van der Waals surface area contributed by atoms with E-state index in [0.717, 1.165) is 5.69 Å². The van der Waals surface area contributed by atoms with E-state index in [1.165, 1.54) is 81.3 Å². The largest absolute Gasteiger partial charge is 0.295 e. The smallest absolute Gasteiger partial charge is 0.131 e. The summed E-state index contributed by atoms with van der Waals surface area (Å²) in [7, 11) is 0. The summed E-state index contributed by atoms with van der Waals surface area (Å²) in [5, 5.41) is 6.41. The van der Waals surface area contributed by atoms with Crippen LogP contribution in [0.1, 0.15) is 0 Å². The lowest BCUT2D eigenvalue weighted by atomic mass is 9.95. The van der Waals surface area contributed by atoms with Gasteiger partial charge in [0.1, 0.15) is 5.65 Å². The molecule has 1 aliphatic rings. The zero-order chi connectivity index (χ0) is 29.5. The fourth-order valence-electron chi connectivity index (χ4n) is 7.33. The number of rotatable bonds is 3. The molecular formula is C42H26N2S. The summed E-state index contributed by atoms with van der Waals surface area (Å²) in [5.74, 6) is 0. The minimum absolute atomic E-state index is 1.16. The Morgan fingerprint density at radius 3 is 2.11 bits per heavy atom. The summed E-state index contributed by atoms with van der Waals surface area (Å²) >= 11 is 1.87. The maximum Gasteiger partial charge on any atom is 0.131 e. The van der Waals surface area contributed by atoms with Crippen molar-refractivity contribution in [3.8, 4) is 33.6 Å². The van der Waals surface area contributed by atoms with Crippen LogP contribution in [0.15, 0.2) is 168 Å². The highest BCUT2D eigenvalue weighted by atomic mass is 32.2. The number of hydrogen-bond donors (Lipinski definition) is 0. The van der Waals surface area contributed by atoms with E-state index in [-0.39, 0.29) is 0 Å². The van der Waals surface area contributed by atoms with Crippen LogP contribution in [0.3, 0.4) is 0 Å². The molecule has 10 rings (SSSR count). The van der Waals surface area contributed by atoms with Gasteiger partial charge in [-0.2, -0.15) is 0 Å². The average molecular weight is 591 g/mol. The van der Waals surface area contributed by atoms with E-state index in [0.29, 0.717) is 0 Å². The van der Waals surface area contributed by atoms with E-state index >= 15 is 0 Å². The molecule has 0 saturated carbocycles. The third-order valence-corrected chi connectivity index (χ3v) is 10.4. The second kappa shape index (κ2) is 9.49. The summed E-state index contributed by atoms with van der Waals surface area (Å²) in [4.78, 5) is 2.58. The van der Waals surface area contributed by atoms with Crippen molar-refractivity contribution in [2.24, 2.45) is 0 Å². The lowest BCUT2D eigenvalue weighted by Crippen LogP contribution is -2.05. The van der Waals surface area contributed by atoms with Crippen molar-refractivity contribution in [2.45, 2.75) is 9.79 Å². The van der Waals surface area contributed by atoms with Crippen LogP contribution in [0.2, 0.25) is 0 Å². The van der Waals surface area contributed by atoms with Crippen molar-refractivity contribution >= 4 is 55.4 Å². The predicted molar refractivity (Wildman–Crippen MR) is 190 cm³/mol. The van der Waals surface area contributed by atoms with Crippen molar-refractivity contribution < 1.29 is 0 Å². The summed E-state index contributed by atoms with van der Waals surface area (Å²) in [6.45, 7) is 0. The summed E-state index contributed by atoms with van der Waals surface area (Å²) in [6, 6.07) is 57.6. The minimum atomic E-state index is 1.16. The molecule has 2 nitrogen and oxygen atoms in total. The monoisotopic (exact) mass is 590 g/mol. The van der Waals surface area contributed by atoms with Crippen LogP contribution in [-0.4, -0.2) is 9.13 Å². The van der Waals surface area contributed by atoms with Gasteiger partial charge in [0.2, 0.25) is 0 Å². The van der Waals surface area contributed by atoms with E-state index < -0.39 is 0 Å². The zero-order valence-corrected chi connectivity index (χ0v) is 25.1. The van der Waals surface area contributed by atoms with Crippen LogP contribution in [0, 0.1) is 0 Å². The Bertz CT molecular complexity index is 2620. The van der Waals surface area contributed by atoms with Gasteiger partial charge in [-0.1, -0.05) is 121 Å². The first-order valence-electron chi connectivity index (χ1n) is 15.4. The Morgan fingerprint density at radius 1 is 0.444 bits per heavy atom. The first kappa shape index (κ1) is 24.9. The summed E-state index contributed by atoms with van der Waals surface area (Å²) in [6.07, 6.45) is 0. The summed E-state index contributed by atoms with van der Waals surface area (Å²) < 4.78 is 4.98. The van der Waals surface area contributed by atoms with Crippen molar-refractivity contribution in [3.05, 3.63) is 158 Å². The second-order valence-corrected chi connectivity index (χ2v) is 12.9. The molecule has 0 radical (unpaired) electrons. The zero-order valence-electron chi connectivity index (χ0n) is 24.3. The van der Waals surface area contributed by atoms with Crippen LogP contribution in [0.25, 0.3) is 77.2 Å². The van der Waals surface area contributed by atoms with Crippen molar-refractivity contribution in [3.63, 3.8) is 0 Å². The van der Waals surface area contributed by atoms with Crippen molar-refractivity contribution in [1.82, 2.24) is 9.13 Å². The molecule has 7 aromatic carbocycles. The van der Waals surface area contributed by atoms with Gasteiger partial charge in [0.05, 0.1) is 16.7 Å². The molecule has 0 bridgehead atoms. The number of nitrogens with zero attached hydrogens (tertiary/aromatic N) is 2. The molecule has 0 saturated heterocycles. The van der Waals surface area contributed by atoms with Crippen LogP contribution in [0.4, 0.5) is 0 Å². The molecule has 0 aliphatic carbocycles. The van der Waals surface area contributed by atoms with Crippen molar-refractivity contribution in [2.75, 3.05) is 0 Å². The Kier molecular flexibility index (Phi) is 5.25. The van der Waals surface area contributed by atoms with E-state index in [4.69, 9.17) is 0 Å². The fourth-order valence-corrected chi connectivity index (χ4v) is 8.42. The van der Waals surface area contributed by atoms with Gasteiger partial charge in [0, 0.05) is 31.6 Å². The molecule has 9 aromatic rings. The molecule has 1 aliphatic heterocycles. The normalized spacial score (nSPS) is 12.4. The van der Waals surface area contributed by atoms with E-state index in [1.54, 1.807) is 0 Å².